The Labute approximate surface area is 162 Å². The van der Waals surface area contributed by atoms with Crippen LogP contribution in [-0.2, 0) is 11.8 Å². The molecule has 0 bridgehead atoms. The van der Waals surface area contributed by atoms with Crippen LogP contribution in [-0.4, -0.2) is 31.4 Å². The fourth-order valence-electron chi connectivity index (χ4n) is 2.73. The molecular formula is C18H14BrN5OS. The molecule has 1 N–H and O–H groups in total. The lowest BCUT2D eigenvalue weighted by Crippen LogP contribution is -2.14. The van der Waals surface area contributed by atoms with Crippen molar-refractivity contribution in [3.05, 3.63) is 53.0 Å². The van der Waals surface area contributed by atoms with Gasteiger partial charge in [0.2, 0.25) is 11.1 Å². The molecule has 2 aromatic carbocycles. The number of benzene rings is 2. The van der Waals surface area contributed by atoms with Crippen LogP contribution in [0.4, 0.5) is 5.69 Å². The second kappa shape index (κ2) is 7.05. The highest BCUT2D eigenvalue weighted by atomic mass is 79.9. The van der Waals surface area contributed by atoms with Crippen molar-refractivity contribution >= 4 is 61.4 Å². The van der Waals surface area contributed by atoms with Crippen LogP contribution in [0.1, 0.15) is 0 Å². The highest BCUT2D eigenvalue weighted by Crippen LogP contribution is 2.26. The third kappa shape index (κ3) is 3.17. The van der Waals surface area contributed by atoms with E-state index in [4.69, 9.17) is 0 Å². The lowest BCUT2D eigenvalue weighted by Gasteiger charge is -2.06. The first-order chi connectivity index (χ1) is 12.6. The average molecular weight is 428 g/mol. The van der Waals surface area contributed by atoms with E-state index in [2.05, 4.69) is 36.4 Å². The largest absolute Gasteiger partial charge is 0.327 e. The Hall–Kier alpha value is -2.45. The molecule has 0 saturated heterocycles. The van der Waals surface area contributed by atoms with Crippen molar-refractivity contribution < 1.29 is 4.79 Å². The van der Waals surface area contributed by atoms with Crippen molar-refractivity contribution in [2.24, 2.45) is 7.05 Å². The number of amides is 1. The van der Waals surface area contributed by atoms with Gasteiger partial charge in [0.25, 0.3) is 0 Å². The summed E-state index contributed by atoms with van der Waals surface area (Å²) in [6.07, 6.45) is 0. The molecule has 0 radical (unpaired) electrons. The molecule has 1 amide bonds. The van der Waals surface area contributed by atoms with Crippen LogP contribution in [0, 0.1) is 0 Å². The van der Waals surface area contributed by atoms with Crippen LogP contribution in [0.25, 0.3) is 22.1 Å². The Morgan fingerprint density at radius 3 is 2.77 bits per heavy atom. The number of halogens is 1. The first-order valence-corrected chi connectivity index (χ1v) is 9.66. The number of hydrogen-bond acceptors (Lipinski definition) is 5. The van der Waals surface area contributed by atoms with E-state index in [1.54, 1.807) is 0 Å². The number of hydrogen-bond donors (Lipinski definition) is 1. The zero-order chi connectivity index (χ0) is 18.1. The van der Waals surface area contributed by atoms with Gasteiger partial charge in [-0.3, -0.25) is 4.79 Å². The number of carbonyl (C=O) groups is 1. The molecule has 4 rings (SSSR count). The number of aromatic nitrogens is 4. The fourth-order valence-corrected chi connectivity index (χ4v) is 3.70. The van der Waals surface area contributed by atoms with Gasteiger partial charge in [-0.25, -0.2) is 4.98 Å². The lowest BCUT2D eigenvalue weighted by molar-refractivity contribution is -0.113. The topological polar surface area (TPSA) is 72.7 Å². The van der Waals surface area contributed by atoms with Gasteiger partial charge < -0.3 is 9.88 Å². The van der Waals surface area contributed by atoms with Crippen LogP contribution >= 0.6 is 27.7 Å². The number of thioether (sulfide) groups is 1. The number of para-hydroxylation sites is 2. The fraction of sp³-hybridized carbons (Fsp3) is 0.111. The molecule has 26 heavy (non-hydrogen) atoms. The standard InChI is InChI=1S/C18H14BrN5OS/c1-24-14-9-5-2-6-11(14)16-17(24)21-18(23-22-16)26-10-15(25)20-13-8-4-3-7-12(13)19/h2-9H,10H2,1H3,(H,20,25). The number of aryl methyl sites for hydroxylation is 1. The summed E-state index contributed by atoms with van der Waals surface area (Å²) < 4.78 is 2.83. The molecule has 0 fully saturated rings. The summed E-state index contributed by atoms with van der Waals surface area (Å²) in [5.41, 5.74) is 3.32. The van der Waals surface area contributed by atoms with Gasteiger partial charge in [-0.1, -0.05) is 42.1 Å². The number of rotatable bonds is 4. The number of nitrogens with one attached hydrogen (secondary N) is 1. The van der Waals surface area contributed by atoms with Crippen molar-refractivity contribution in [3.8, 4) is 0 Å². The SMILES string of the molecule is Cn1c2ccccc2c2nnc(SCC(=O)Nc3ccccc3Br)nc21. The zero-order valence-corrected chi connectivity index (χ0v) is 16.2. The maximum atomic E-state index is 12.2. The van der Waals surface area contributed by atoms with E-state index < -0.39 is 0 Å². The molecule has 0 atom stereocenters. The summed E-state index contributed by atoms with van der Waals surface area (Å²) in [6.45, 7) is 0. The summed E-state index contributed by atoms with van der Waals surface area (Å²) in [7, 11) is 1.95. The molecule has 0 saturated carbocycles. The van der Waals surface area contributed by atoms with Crippen molar-refractivity contribution in [2.45, 2.75) is 5.16 Å². The Bertz CT molecular complexity index is 1130. The summed E-state index contributed by atoms with van der Waals surface area (Å²) in [4.78, 5) is 16.7. The number of fused-ring (bicyclic) bond motifs is 3. The van der Waals surface area contributed by atoms with Gasteiger partial charge in [0.1, 0.15) is 5.52 Å². The third-order valence-corrected chi connectivity index (χ3v) is 5.50. The molecule has 2 aromatic heterocycles. The first kappa shape index (κ1) is 17.0. The molecule has 2 heterocycles. The Kier molecular flexibility index (Phi) is 4.60. The third-order valence-electron chi connectivity index (χ3n) is 3.97. The number of nitrogens with zero attached hydrogens (tertiary/aromatic N) is 4. The summed E-state index contributed by atoms with van der Waals surface area (Å²) in [5, 5.41) is 12.8. The van der Waals surface area contributed by atoms with E-state index in [1.807, 2.05) is 60.1 Å². The van der Waals surface area contributed by atoms with Crippen molar-refractivity contribution in [1.29, 1.82) is 0 Å². The van der Waals surface area contributed by atoms with Gasteiger partial charge in [0, 0.05) is 16.9 Å². The molecular weight excluding hydrogens is 414 g/mol. The predicted molar refractivity (Wildman–Crippen MR) is 107 cm³/mol. The Balaban J connectivity index is 1.52. The van der Waals surface area contributed by atoms with Crippen LogP contribution in [0.5, 0.6) is 0 Å². The predicted octanol–water partition coefficient (Wildman–Crippen LogP) is 4.01. The van der Waals surface area contributed by atoms with Crippen molar-refractivity contribution in [3.63, 3.8) is 0 Å². The van der Waals surface area contributed by atoms with Crippen LogP contribution in [0.2, 0.25) is 0 Å². The van der Waals surface area contributed by atoms with Crippen LogP contribution < -0.4 is 5.32 Å². The lowest BCUT2D eigenvalue weighted by atomic mass is 10.2. The minimum absolute atomic E-state index is 0.123. The minimum Gasteiger partial charge on any atom is -0.327 e. The summed E-state index contributed by atoms with van der Waals surface area (Å²) in [6, 6.07) is 15.5. The van der Waals surface area contributed by atoms with E-state index in [-0.39, 0.29) is 11.7 Å². The van der Waals surface area contributed by atoms with E-state index in [0.717, 1.165) is 32.2 Å². The van der Waals surface area contributed by atoms with Gasteiger partial charge in [-0.05, 0) is 34.1 Å². The normalized spacial score (nSPS) is 11.2. The molecule has 8 heteroatoms. The Morgan fingerprint density at radius 1 is 1.15 bits per heavy atom. The molecule has 0 unspecified atom stereocenters. The maximum Gasteiger partial charge on any atom is 0.234 e. The monoisotopic (exact) mass is 427 g/mol. The van der Waals surface area contributed by atoms with Crippen LogP contribution in [0.15, 0.2) is 58.2 Å². The second-order valence-electron chi connectivity index (χ2n) is 5.66. The van der Waals surface area contributed by atoms with Gasteiger partial charge in [0.15, 0.2) is 5.65 Å². The van der Waals surface area contributed by atoms with E-state index in [0.29, 0.717) is 5.16 Å². The van der Waals surface area contributed by atoms with Gasteiger partial charge in [-0.15, -0.1) is 10.2 Å². The summed E-state index contributed by atoms with van der Waals surface area (Å²) >= 11 is 4.68. The second-order valence-corrected chi connectivity index (χ2v) is 7.46. The molecule has 0 aliphatic heterocycles. The molecule has 0 spiro atoms. The number of anilines is 1. The van der Waals surface area contributed by atoms with Gasteiger partial charge >= 0.3 is 0 Å². The van der Waals surface area contributed by atoms with E-state index in [1.165, 1.54) is 11.8 Å². The van der Waals surface area contributed by atoms with Crippen molar-refractivity contribution in [1.82, 2.24) is 19.7 Å². The zero-order valence-electron chi connectivity index (χ0n) is 13.8. The quantitative estimate of drug-likeness (QED) is 0.498. The van der Waals surface area contributed by atoms with Crippen LogP contribution in [0.3, 0.4) is 0 Å². The van der Waals surface area contributed by atoms with E-state index >= 15 is 0 Å². The highest BCUT2D eigenvalue weighted by molar-refractivity contribution is 9.10. The molecule has 130 valence electrons. The minimum atomic E-state index is -0.123. The van der Waals surface area contributed by atoms with E-state index in [9.17, 15) is 4.79 Å². The molecule has 6 nitrogen and oxygen atoms in total. The van der Waals surface area contributed by atoms with Crippen molar-refractivity contribution in [2.75, 3.05) is 11.1 Å². The average Bonchev–Trinajstić information content (AvgIpc) is 2.94. The smallest absolute Gasteiger partial charge is 0.234 e. The number of carbonyl (C=O) groups excluding carboxylic acids is 1. The molecule has 0 aliphatic rings. The van der Waals surface area contributed by atoms with Gasteiger partial charge in [0.05, 0.1) is 17.0 Å². The van der Waals surface area contributed by atoms with Gasteiger partial charge in [-0.2, -0.15) is 0 Å². The summed E-state index contributed by atoms with van der Waals surface area (Å²) in [5.74, 6) is 0.0843. The highest BCUT2D eigenvalue weighted by Gasteiger charge is 2.13. The molecule has 4 aromatic rings. The Morgan fingerprint density at radius 2 is 1.92 bits per heavy atom. The molecule has 0 aliphatic carbocycles. The first-order valence-electron chi connectivity index (χ1n) is 7.88. The maximum absolute atomic E-state index is 12.2.